The number of nitrogens with two attached hydrogens (primary N) is 2. The molecule has 0 amide bonds. The van der Waals surface area contributed by atoms with Gasteiger partial charge in [-0.1, -0.05) is 18.2 Å². The molecule has 7 rings (SSSR count). The largest absolute Gasteiger partial charge is 0.463 e. The van der Waals surface area contributed by atoms with E-state index >= 15 is 0 Å². The second kappa shape index (κ2) is 9.43. The normalized spacial score (nSPS) is 11.4. The van der Waals surface area contributed by atoms with Gasteiger partial charge in [-0.2, -0.15) is 39.2 Å². The number of para-hydroxylation sites is 1. The molecule has 0 bridgehead atoms. The van der Waals surface area contributed by atoms with E-state index in [-0.39, 0.29) is 17.9 Å². The molecule has 6 heterocycles. The van der Waals surface area contributed by atoms with Crippen LogP contribution in [0, 0.1) is 0 Å². The number of hydrogen-bond donors (Lipinski definition) is 3. The van der Waals surface area contributed by atoms with Gasteiger partial charge in [0.05, 0.1) is 12.5 Å². The average molecular weight is 536 g/mol. The van der Waals surface area contributed by atoms with Crippen molar-refractivity contribution in [2.45, 2.75) is 6.42 Å². The van der Waals surface area contributed by atoms with Crippen LogP contribution in [-0.2, 0) is 6.42 Å². The van der Waals surface area contributed by atoms with Gasteiger partial charge >= 0.3 is 6.01 Å². The predicted octanol–water partition coefficient (Wildman–Crippen LogP) is 3.69. The van der Waals surface area contributed by atoms with E-state index in [1.807, 2.05) is 30.3 Å². The minimum absolute atomic E-state index is 0.103. The molecule has 7 aromatic rings. The molecule has 0 saturated carbocycles. The molecule has 0 atom stereocenters. The van der Waals surface area contributed by atoms with Crippen molar-refractivity contribution in [1.82, 2.24) is 39.2 Å². The number of benzene rings is 1. The topological polar surface area (TPSA) is 186 Å². The Kier molecular flexibility index (Phi) is 5.47. The Labute approximate surface area is 225 Å². The Bertz CT molecular complexity index is 1940. The first kappa shape index (κ1) is 23.2. The van der Waals surface area contributed by atoms with E-state index in [9.17, 15) is 0 Å². The summed E-state index contributed by atoms with van der Waals surface area (Å²) in [5.41, 5.74) is 15.4. The van der Waals surface area contributed by atoms with Gasteiger partial charge in [0.1, 0.15) is 17.1 Å². The standard InChI is InChI=1S/C26H21N11O3/c27-23-32-25(30-21-13-16(34-36(21)23)19-7-3-11-38-19)29-10-9-15-5-1-2-6-18(15)40-26-31-22-14-17(20-8-4-12-39-20)35-37(22)24(28)33-26/h1-8,11-14H,9-10H2,(H2,28,31,33)(H3,27,29,30,32). The quantitative estimate of drug-likeness (QED) is 0.256. The summed E-state index contributed by atoms with van der Waals surface area (Å²) >= 11 is 0. The van der Waals surface area contributed by atoms with Gasteiger partial charge in [0.2, 0.25) is 17.8 Å². The van der Waals surface area contributed by atoms with Gasteiger partial charge in [0, 0.05) is 18.7 Å². The molecular formula is C26H21N11O3. The maximum absolute atomic E-state index is 6.13. The van der Waals surface area contributed by atoms with Gasteiger partial charge in [-0.05, 0) is 42.3 Å². The first-order valence-electron chi connectivity index (χ1n) is 12.2. The van der Waals surface area contributed by atoms with Crippen LogP contribution in [0.3, 0.4) is 0 Å². The number of furan rings is 2. The van der Waals surface area contributed by atoms with Gasteiger partial charge in [0.25, 0.3) is 0 Å². The lowest BCUT2D eigenvalue weighted by Crippen LogP contribution is -2.12. The molecule has 0 aliphatic rings. The zero-order chi connectivity index (χ0) is 27.1. The van der Waals surface area contributed by atoms with Crippen LogP contribution in [0.15, 0.2) is 82.0 Å². The van der Waals surface area contributed by atoms with Crippen molar-refractivity contribution in [3.05, 3.63) is 78.8 Å². The second-order valence-electron chi connectivity index (χ2n) is 8.71. The molecule has 1 aromatic carbocycles. The monoisotopic (exact) mass is 535 g/mol. The van der Waals surface area contributed by atoms with Crippen molar-refractivity contribution < 1.29 is 13.6 Å². The van der Waals surface area contributed by atoms with Crippen molar-refractivity contribution in [2.24, 2.45) is 0 Å². The number of aromatic nitrogens is 8. The number of hydrogen-bond acceptors (Lipinski definition) is 12. The summed E-state index contributed by atoms with van der Waals surface area (Å²) in [6.45, 7) is 0.506. The van der Waals surface area contributed by atoms with Crippen LogP contribution < -0.4 is 21.5 Å². The molecule has 14 nitrogen and oxygen atoms in total. The second-order valence-corrected chi connectivity index (χ2v) is 8.71. The Morgan fingerprint density at radius 3 is 2.08 bits per heavy atom. The molecule has 0 fully saturated rings. The summed E-state index contributed by atoms with van der Waals surface area (Å²) in [7, 11) is 0. The van der Waals surface area contributed by atoms with Crippen LogP contribution in [0.1, 0.15) is 5.56 Å². The Morgan fingerprint density at radius 1 is 0.750 bits per heavy atom. The van der Waals surface area contributed by atoms with Gasteiger partial charge in [-0.3, -0.25) is 0 Å². The highest BCUT2D eigenvalue weighted by atomic mass is 16.5. The highest BCUT2D eigenvalue weighted by Gasteiger charge is 2.15. The third-order valence-corrected chi connectivity index (χ3v) is 6.07. The number of anilines is 3. The van der Waals surface area contributed by atoms with E-state index in [0.29, 0.717) is 58.9 Å². The zero-order valence-electron chi connectivity index (χ0n) is 20.8. The van der Waals surface area contributed by atoms with E-state index in [2.05, 4.69) is 35.5 Å². The van der Waals surface area contributed by atoms with Crippen LogP contribution in [-0.4, -0.2) is 45.7 Å². The lowest BCUT2D eigenvalue weighted by molar-refractivity contribution is 0.437. The summed E-state index contributed by atoms with van der Waals surface area (Å²) in [4.78, 5) is 17.6. The molecule has 6 aromatic heterocycles. The van der Waals surface area contributed by atoms with Gasteiger partial charge in [0.15, 0.2) is 22.8 Å². The van der Waals surface area contributed by atoms with Crippen molar-refractivity contribution >= 4 is 29.1 Å². The van der Waals surface area contributed by atoms with Crippen LogP contribution in [0.5, 0.6) is 11.8 Å². The van der Waals surface area contributed by atoms with Crippen LogP contribution in [0.4, 0.5) is 17.8 Å². The van der Waals surface area contributed by atoms with Crippen molar-refractivity contribution in [1.29, 1.82) is 0 Å². The number of nitrogen functional groups attached to an aromatic ring is 2. The van der Waals surface area contributed by atoms with E-state index in [1.165, 1.54) is 9.03 Å². The fourth-order valence-electron chi connectivity index (χ4n) is 4.23. The van der Waals surface area contributed by atoms with Crippen molar-refractivity contribution in [3.63, 3.8) is 0 Å². The van der Waals surface area contributed by atoms with Gasteiger partial charge in [-0.15, -0.1) is 0 Å². The summed E-state index contributed by atoms with van der Waals surface area (Å²) in [6, 6.07) is 18.4. The zero-order valence-corrected chi connectivity index (χ0v) is 20.8. The molecule has 5 N–H and O–H groups in total. The minimum Gasteiger partial charge on any atom is -0.463 e. The number of ether oxygens (including phenoxy) is 1. The van der Waals surface area contributed by atoms with E-state index < -0.39 is 0 Å². The Balaban J connectivity index is 1.07. The molecule has 0 radical (unpaired) electrons. The lowest BCUT2D eigenvalue weighted by Gasteiger charge is -2.11. The molecule has 0 aliphatic carbocycles. The van der Waals surface area contributed by atoms with Crippen LogP contribution >= 0.6 is 0 Å². The Hall–Kier alpha value is -5.92. The SMILES string of the molecule is Nc1nc(NCCc2ccccc2Oc2nc(N)n3nc(-c4ccco4)cc3n2)nc2cc(-c3ccco3)nn12. The van der Waals surface area contributed by atoms with Crippen LogP contribution in [0.25, 0.3) is 34.2 Å². The molecule has 0 saturated heterocycles. The van der Waals surface area contributed by atoms with E-state index in [4.69, 9.17) is 25.0 Å². The number of nitrogens with zero attached hydrogens (tertiary/aromatic N) is 8. The van der Waals surface area contributed by atoms with E-state index in [1.54, 1.807) is 42.9 Å². The fraction of sp³-hybridized carbons (Fsp3) is 0.0769. The number of nitrogens with one attached hydrogen (secondary N) is 1. The number of rotatable bonds is 8. The minimum atomic E-state index is 0.103. The molecule has 198 valence electrons. The highest BCUT2D eigenvalue weighted by Crippen LogP contribution is 2.26. The average Bonchev–Trinajstić information content (AvgIpc) is 3.76. The fourth-order valence-corrected chi connectivity index (χ4v) is 4.23. The van der Waals surface area contributed by atoms with Gasteiger partial charge < -0.3 is 30.4 Å². The first-order valence-corrected chi connectivity index (χ1v) is 12.2. The van der Waals surface area contributed by atoms with Gasteiger partial charge in [-0.25, -0.2) is 0 Å². The number of fused-ring (bicyclic) bond motifs is 2. The predicted molar refractivity (Wildman–Crippen MR) is 145 cm³/mol. The molecular weight excluding hydrogens is 514 g/mol. The third kappa shape index (κ3) is 4.28. The molecule has 0 unspecified atom stereocenters. The molecule has 0 aliphatic heterocycles. The maximum Gasteiger partial charge on any atom is 0.327 e. The Morgan fingerprint density at radius 2 is 1.40 bits per heavy atom. The molecule has 14 heteroatoms. The summed E-state index contributed by atoms with van der Waals surface area (Å²) in [5, 5.41) is 12.0. The van der Waals surface area contributed by atoms with Crippen molar-refractivity contribution in [2.75, 3.05) is 23.3 Å². The smallest absolute Gasteiger partial charge is 0.327 e. The lowest BCUT2D eigenvalue weighted by atomic mass is 10.1. The summed E-state index contributed by atoms with van der Waals surface area (Å²) < 4.78 is 19.8. The first-order chi connectivity index (χ1) is 19.6. The van der Waals surface area contributed by atoms with E-state index in [0.717, 1.165) is 5.56 Å². The maximum atomic E-state index is 6.13. The van der Waals surface area contributed by atoms with Crippen LogP contribution in [0.2, 0.25) is 0 Å². The third-order valence-electron chi connectivity index (χ3n) is 6.07. The summed E-state index contributed by atoms with van der Waals surface area (Å²) in [6.07, 6.45) is 3.75. The highest BCUT2D eigenvalue weighted by molar-refractivity contribution is 5.62. The summed E-state index contributed by atoms with van der Waals surface area (Å²) in [5.74, 6) is 2.53. The van der Waals surface area contributed by atoms with Crippen molar-refractivity contribution in [3.8, 4) is 34.7 Å². The molecule has 0 spiro atoms. The molecule has 40 heavy (non-hydrogen) atoms.